The summed E-state index contributed by atoms with van der Waals surface area (Å²) in [7, 11) is -2.17. The second-order valence-electron chi connectivity index (χ2n) is 7.86. The molecule has 2 aromatic carbocycles. The van der Waals surface area contributed by atoms with E-state index >= 15 is 0 Å². The molecule has 0 saturated heterocycles. The van der Waals surface area contributed by atoms with Crippen molar-refractivity contribution in [2.75, 3.05) is 12.4 Å². The molecule has 1 amide bonds. The largest absolute Gasteiger partial charge is 0.497 e. The van der Waals surface area contributed by atoms with Crippen molar-refractivity contribution in [1.29, 1.82) is 0 Å². The van der Waals surface area contributed by atoms with Gasteiger partial charge >= 0.3 is 0 Å². The Labute approximate surface area is 197 Å². The summed E-state index contributed by atoms with van der Waals surface area (Å²) in [6.45, 7) is 6.68. The first kappa shape index (κ1) is 24.7. The number of carbonyl (C=O) groups excluding carboxylic acids is 1. The molecular weight excluding hydrogens is 462 g/mol. The van der Waals surface area contributed by atoms with Gasteiger partial charge in [0.1, 0.15) is 5.75 Å². The maximum absolute atomic E-state index is 12.7. The van der Waals surface area contributed by atoms with Gasteiger partial charge in [-0.05, 0) is 61.4 Å². The fourth-order valence-electron chi connectivity index (χ4n) is 3.04. The zero-order valence-electron chi connectivity index (χ0n) is 18.8. The lowest BCUT2D eigenvalue weighted by Gasteiger charge is -2.15. The van der Waals surface area contributed by atoms with Crippen molar-refractivity contribution in [2.24, 2.45) is 11.1 Å². The molecule has 11 heteroatoms. The number of methoxy groups -OCH3 is 1. The van der Waals surface area contributed by atoms with Crippen molar-refractivity contribution >= 4 is 33.4 Å². The lowest BCUT2D eigenvalue weighted by molar-refractivity contribution is -0.115. The van der Waals surface area contributed by atoms with Gasteiger partial charge in [-0.15, -0.1) is 10.2 Å². The molecule has 0 spiro atoms. The first-order chi connectivity index (χ1) is 15.6. The van der Waals surface area contributed by atoms with Crippen LogP contribution >= 0.6 is 11.8 Å². The minimum absolute atomic E-state index is 0.0178. The van der Waals surface area contributed by atoms with Crippen LogP contribution in [0.5, 0.6) is 5.75 Å². The number of anilines is 1. The van der Waals surface area contributed by atoms with Gasteiger partial charge in [0, 0.05) is 17.8 Å². The summed E-state index contributed by atoms with van der Waals surface area (Å²) in [5, 5.41) is 16.8. The normalized spacial score (nSPS) is 12.5. The topological polar surface area (TPSA) is 129 Å². The van der Waals surface area contributed by atoms with Gasteiger partial charge in [-0.25, -0.2) is 13.6 Å². The number of ether oxygens (including phenoxy) is 1. The van der Waals surface area contributed by atoms with Gasteiger partial charge in [-0.1, -0.05) is 25.6 Å². The van der Waals surface area contributed by atoms with E-state index in [0.717, 1.165) is 17.1 Å². The van der Waals surface area contributed by atoms with Gasteiger partial charge in [-0.3, -0.25) is 4.79 Å². The molecule has 1 atom stereocenters. The van der Waals surface area contributed by atoms with Crippen molar-refractivity contribution in [3.8, 4) is 17.1 Å². The molecule has 3 aromatic rings. The Bertz CT molecular complexity index is 1210. The van der Waals surface area contributed by atoms with Crippen LogP contribution in [0.4, 0.5) is 5.69 Å². The number of nitrogens with zero attached hydrogens (tertiary/aromatic N) is 3. The van der Waals surface area contributed by atoms with Crippen LogP contribution in [0, 0.1) is 5.92 Å². The molecule has 3 rings (SSSR count). The van der Waals surface area contributed by atoms with Gasteiger partial charge in [0.05, 0.1) is 17.3 Å². The number of hydrogen-bond acceptors (Lipinski definition) is 7. The number of sulfonamides is 1. The van der Waals surface area contributed by atoms with Crippen LogP contribution in [0.25, 0.3) is 11.4 Å². The molecule has 33 heavy (non-hydrogen) atoms. The Morgan fingerprint density at radius 3 is 2.27 bits per heavy atom. The highest BCUT2D eigenvalue weighted by Crippen LogP contribution is 2.29. The number of benzene rings is 2. The number of primary sulfonamides is 1. The summed E-state index contributed by atoms with van der Waals surface area (Å²) < 4.78 is 30.0. The van der Waals surface area contributed by atoms with Crippen LogP contribution < -0.4 is 15.2 Å². The summed E-state index contributed by atoms with van der Waals surface area (Å²) in [4.78, 5) is 12.7. The first-order valence-electron chi connectivity index (χ1n) is 10.3. The Kier molecular flexibility index (Phi) is 7.77. The van der Waals surface area contributed by atoms with Gasteiger partial charge in [0.2, 0.25) is 15.9 Å². The molecule has 3 N–H and O–H groups in total. The van der Waals surface area contributed by atoms with E-state index in [-0.39, 0.29) is 10.8 Å². The first-order valence-corrected chi connectivity index (χ1v) is 12.7. The maximum atomic E-state index is 12.7. The van der Waals surface area contributed by atoms with E-state index < -0.39 is 15.3 Å². The number of thioether (sulfide) groups is 1. The van der Waals surface area contributed by atoms with Crippen LogP contribution in [0.15, 0.2) is 58.6 Å². The number of carbonyl (C=O) groups is 1. The molecule has 0 aliphatic carbocycles. The molecule has 176 valence electrons. The highest BCUT2D eigenvalue weighted by molar-refractivity contribution is 8.00. The smallest absolute Gasteiger partial charge is 0.238 e. The summed E-state index contributed by atoms with van der Waals surface area (Å²) in [5.74, 6) is 1.58. The number of hydrogen-bond donors (Lipinski definition) is 2. The molecule has 0 aliphatic heterocycles. The van der Waals surface area contributed by atoms with Gasteiger partial charge in [0.25, 0.3) is 0 Å². The third kappa shape index (κ3) is 6.34. The van der Waals surface area contributed by atoms with E-state index in [1.54, 1.807) is 14.0 Å². The molecule has 9 nitrogen and oxygen atoms in total. The standard InChI is InChI=1S/C22H27N5O4S2/c1-14(2)13-27-20(16-5-9-18(31-4)10-6-16)25-26-22(27)32-15(3)21(28)24-17-7-11-19(12-8-17)33(23,29)30/h5-12,14-15H,13H2,1-4H3,(H,24,28)(H2,23,29,30). The molecule has 1 heterocycles. The van der Waals surface area contributed by atoms with Gasteiger partial charge < -0.3 is 14.6 Å². The number of nitrogens with one attached hydrogen (secondary N) is 1. The second-order valence-corrected chi connectivity index (χ2v) is 10.7. The minimum atomic E-state index is -3.79. The number of rotatable bonds is 9. The van der Waals surface area contributed by atoms with E-state index in [4.69, 9.17) is 9.88 Å². The predicted molar refractivity (Wildman–Crippen MR) is 129 cm³/mol. The van der Waals surface area contributed by atoms with Crippen LogP contribution in [-0.4, -0.2) is 41.4 Å². The molecule has 0 saturated carbocycles. The number of amides is 1. The molecule has 1 unspecified atom stereocenters. The maximum Gasteiger partial charge on any atom is 0.238 e. The fourth-order valence-corrected chi connectivity index (χ4v) is 4.42. The van der Waals surface area contributed by atoms with Crippen LogP contribution in [-0.2, 0) is 21.4 Å². The highest BCUT2D eigenvalue weighted by Gasteiger charge is 2.22. The lowest BCUT2D eigenvalue weighted by Crippen LogP contribution is -2.23. The van der Waals surface area contributed by atoms with E-state index in [0.29, 0.717) is 23.3 Å². The summed E-state index contributed by atoms with van der Waals surface area (Å²) in [5.41, 5.74) is 1.38. The molecule has 0 aliphatic rings. The molecule has 1 aromatic heterocycles. The Morgan fingerprint density at radius 1 is 1.09 bits per heavy atom. The summed E-state index contributed by atoms with van der Waals surface area (Å²) >= 11 is 1.31. The van der Waals surface area contributed by atoms with Crippen LogP contribution in [0.2, 0.25) is 0 Å². The summed E-state index contributed by atoms with van der Waals surface area (Å²) in [6.07, 6.45) is 0. The van der Waals surface area contributed by atoms with E-state index in [2.05, 4.69) is 29.4 Å². The molecular formula is C22H27N5O4S2. The predicted octanol–water partition coefficient (Wildman–Crippen LogP) is 3.38. The monoisotopic (exact) mass is 489 g/mol. The zero-order chi connectivity index (χ0) is 24.2. The molecule has 0 bridgehead atoms. The van der Waals surface area contributed by atoms with E-state index in [9.17, 15) is 13.2 Å². The quantitative estimate of drug-likeness (QED) is 0.441. The fraction of sp³-hybridized carbons (Fsp3) is 0.318. The van der Waals surface area contributed by atoms with Crippen molar-refractivity contribution < 1.29 is 17.9 Å². The van der Waals surface area contributed by atoms with E-state index in [1.165, 1.54) is 36.0 Å². The summed E-state index contributed by atoms with van der Waals surface area (Å²) in [6, 6.07) is 13.3. The Morgan fingerprint density at radius 2 is 1.73 bits per heavy atom. The van der Waals surface area contributed by atoms with Crippen molar-refractivity contribution in [1.82, 2.24) is 14.8 Å². The molecule has 0 radical (unpaired) electrons. The lowest BCUT2D eigenvalue weighted by atomic mass is 10.2. The van der Waals surface area contributed by atoms with Crippen molar-refractivity contribution in [2.45, 2.75) is 42.6 Å². The number of aromatic nitrogens is 3. The third-order valence-corrected chi connectivity index (χ3v) is 6.72. The average molecular weight is 490 g/mol. The average Bonchev–Trinajstić information content (AvgIpc) is 3.14. The van der Waals surface area contributed by atoms with Crippen LogP contribution in [0.1, 0.15) is 20.8 Å². The third-order valence-electron chi connectivity index (χ3n) is 4.71. The second kappa shape index (κ2) is 10.4. The Balaban J connectivity index is 1.77. The SMILES string of the molecule is COc1ccc(-c2nnc(SC(C)C(=O)Nc3ccc(S(N)(=O)=O)cc3)n2CC(C)C)cc1. The van der Waals surface area contributed by atoms with Crippen molar-refractivity contribution in [3.63, 3.8) is 0 Å². The molecule has 0 fully saturated rings. The van der Waals surface area contributed by atoms with E-state index in [1.807, 2.05) is 28.8 Å². The Hall–Kier alpha value is -2.89. The van der Waals surface area contributed by atoms with Crippen LogP contribution in [0.3, 0.4) is 0 Å². The minimum Gasteiger partial charge on any atom is -0.497 e. The highest BCUT2D eigenvalue weighted by atomic mass is 32.2. The zero-order valence-corrected chi connectivity index (χ0v) is 20.5. The van der Waals surface area contributed by atoms with Gasteiger partial charge in [-0.2, -0.15) is 0 Å². The number of nitrogens with two attached hydrogens (primary N) is 1. The van der Waals surface area contributed by atoms with Crippen molar-refractivity contribution in [3.05, 3.63) is 48.5 Å². The van der Waals surface area contributed by atoms with Gasteiger partial charge in [0.15, 0.2) is 11.0 Å².